The van der Waals surface area contributed by atoms with Crippen LogP contribution in [0, 0.1) is 13.8 Å². The van der Waals surface area contributed by atoms with E-state index in [0.717, 1.165) is 72.4 Å². The van der Waals surface area contributed by atoms with Crippen molar-refractivity contribution in [1.82, 2.24) is 14.5 Å². The number of aromatic hydroxyl groups is 1. The molecule has 0 amide bonds. The van der Waals surface area contributed by atoms with Crippen LogP contribution in [0.5, 0.6) is 5.75 Å². The summed E-state index contributed by atoms with van der Waals surface area (Å²) in [5.41, 5.74) is 14.9. The van der Waals surface area contributed by atoms with E-state index in [2.05, 4.69) is 127 Å². The third kappa shape index (κ3) is 7.85. The highest BCUT2D eigenvalue weighted by Gasteiger charge is 2.29. The highest BCUT2D eigenvalue weighted by molar-refractivity contribution is 5.98. The number of hydrogen-bond donors (Lipinski definition) is 1. The molecule has 1 N–H and O–H groups in total. The molecule has 0 aliphatic rings. The first-order chi connectivity index (χ1) is 30.9. The average molecular weight is 811 g/mol. The predicted octanol–water partition coefficient (Wildman–Crippen LogP) is 15.3. The Kier molecular flexibility index (Phi) is 9.36. The molecule has 4 heteroatoms. The van der Waals surface area contributed by atoms with Crippen LogP contribution in [0.15, 0.2) is 170 Å². The van der Waals surface area contributed by atoms with Gasteiger partial charge >= 0.3 is 0 Å². The van der Waals surface area contributed by atoms with Crippen LogP contribution in [0.2, 0.25) is 0 Å². The standard InChI is InChI=1S/C58H53N3O/c1-37-22-24-41(25-23-37)42-26-27-59-52(34-42)46-31-44(40-18-13-10-14-19-40)30-45(32-46)49-20-15-21-53-54(49)60-56(50-35-47(57(3,4)5)36-51(55(50)62)58(6,7)8)61(53)48-29-38(2)28-43(33-48)39-16-11-9-12-17-39/h9-36,62H,1-8H3/i2D3. The summed E-state index contributed by atoms with van der Waals surface area (Å²) in [6.07, 6.45) is 1.87. The van der Waals surface area contributed by atoms with E-state index in [0.29, 0.717) is 22.6 Å². The molecule has 0 aliphatic heterocycles. The lowest BCUT2D eigenvalue weighted by Gasteiger charge is -2.27. The molecule has 2 aromatic heterocycles. The monoisotopic (exact) mass is 810 g/mol. The van der Waals surface area contributed by atoms with Crippen LogP contribution in [0.3, 0.4) is 0 Å². The summed E-state index contributed by atoms with van der Waals surface area (Å²) in [4.78, 5) is 10.5. The van der Waals surface area contributed by atoms with Gasteiger partial charge in [-0.25, -0.2) is 4.98 Å². The summed E-state index contributed by atoms with van der Waals surface area (Å²) >= 11 is 0. The lowest BCUT2D eigenvalue weighted by molar-refractivity contribution is 0.446. The summed E-state index contributed by atoms with van der Waals surface area (Å²) in [5, 5.41) is 12.5. The second kappa shape index (κ2) is 15.8. The van der Waals surface area contributed by atoms with Crippen molar-refractivity contribution in [2.45, 2.75) is 66.1 Å². The molecule has 9 rings (SSSR count). The van der Waals surface area contributed by atoms with Gasteiger partial charge in [-0.2, -0.15) is 0 Å². The molecule has 0 bridgehead atoms. The Hall–Kier alpha value is -7.04. The Labute approximate surface area is 370 Å². The number of nitrogens with zero attached hydrogens (tertiary/aromatic N) is 3. The quantitative estimate of drug-likeness (QED) is 0.174. The molecule has 0 aliphatic carbocycles. The molecule has 4 nitrogen and oxygen atoms in total. The van der Waals surface area contributed by atoms with Crippen molar-refractivity contribution >= 4 is 11.0 Å². The third-order valence-corrected chi connectivity index (χ3v) is 11.8. The maximum Gasteiger partial charge on any atom is 0.149 e. The van der Waals surface area contributed by atoms with Crippen LogP contribution < -0.4 is 0 Å². The Balaban J connectivity index is 1.35. The van der Waals surface area contributed by atoms with Crippen molar-refractivity contribution in [2.75, 3.05) is 0 Å². The minimum absolute atomic E-state index is 0.145. The number of aromatic nitrogens is 3. The van der Waals surface area contributed by atoms with Crippen LogP contribution in [0.25, 0.3) is 83.9 Å². The lowest BCUT2D eigenvalue weighted by atomic mass is 9.79. The van der Waals surface area contributed by atoms with Gasteiger partial charge in [-0.1, -0.05) is 156 Å². The summed E-state index contributed by atoms with van der Waals surface area (Å²) in [5.74, 6) is 0.655. The van der Waals surface area contributed by atoms with E-state index in [1.165, 1.54) is 5.56 Å². The normalized spacial score (nSPS) is 12.9. The van der Waals surface area contributed by atoms with Gasteiger partial charge in [-0.15, -0.1) is 0 Å². The number of imidazole rings is 1. The van der Waals surface area contributed by atoms with Gasteiger partial charge in [-0.3, -0.25) is 9.55 Å². The van der Waals surface area contributed by atoms with E-state index in [1.54, 1.807) is 12.1 Å². The molecular formula is C58H53N3O. The highest BCUT2D eigenvalue weighted by atomic mass is 16.3. The molecule has 306 valence electrons. The van der Waals surface area contributed by atoms with Gasteiger partial charge in [0.1, 0.15) is 11.6 Å². The van der Waals surface area contributed by atoms with Gasteiger partial charge in [0.25, 0.3) is 0 Å². The molecule has 0 fully saturated rings. The molecule has 62 heavy (non-hydrogen) atoms. The second-order valence-electron chi connectivity index (χ2n) is 18.5. The largest absolute Gasteiger partial charge is 0.507 e. The van der Waals surface area contributed by atoms with E-state index >= 15 is 0 Å². The maximum absolute atomic E-state index is 12.5. The fourth-order valence-corrected chi connectivity index (χ4v) is 8.36. The van der Waals surface area contributed by atoms with Crippen molar-refractivity contribution < 1.29 is 9.22 Å². The number of aryl methyl sites for hydroxylation is 2. The SMILES string of the molecule is [2H]C([2H])([2H])c1cc(-c2ccccc2)cc(-n2c(-c3cc(C(C)(C)C)cc(C(C)(C)C)c3O)nc3c(-c4cc(-c5ccccc5)cc(-c5cc(-c6ccc(C)cc6)ccn5)c4)cccc32)c1. The molecule has 0 saturated heterocycles. The van der Waals surface area contributed by atoms with E-state index in [-0.39, 0.29) is 16.7 Å². The zero-order valence-electron chi connectivity index (χ0n) is 39.5. The number of benzene rings is 7. The van der Waals surface area contributed by atoms with E-state index < -0.39 is 12.3 Å². The number of phenols is 1. The van der Waals surface area contributed by atoms with Gasteiger partial charge in [0, 0.05) is 32.7 Å². The number of para-hydroxylation sites is 1. The fraction of sp³-hybridized carbons (Fsp3) is 0.172. The second-order valence-corrected chi connectivity index (χ2v) is 18.5. The molecule has 0 radical (unpaired) electrons. The van der Waals surface area contributed by atoms with Gasteiger partial charge < -0.3 is 5.11 Å². The molecule has 0 atom stereocenters. The fourth-order valence-electron chi connectivity index (χ4n) is 8.36. The van der Waals surface area contributed by atoms with Crippen LogP contribution in [0.4, 0.5) is 0 Å². The van der Waals surface area contributed by atoms with Crippen molar-refractivity contribution in [3.8, 4) is 78.6 Å². The van der Waals surface area contributed by atoms with Crippen molar-refractivity contribution in [1.29, 1.82) is 0 Å². The van der Waals surface area contributed by atoms with E-state index in [9.17, 15) is 5.11 Å². The van der Waals surface area contributed by atoms with Crippen LogP contribution >= 0.6 is 0 Å². The molecule has 0 unspecified atom stereocenters. The van der Waals surface area contributed by atoms with Crippen LogP contribution in [-0.2, 0) is 10.8 Å². The topological polar surface area (TPSA) is 50.9 Å². The van der Waals surface area contributed by atoms with Gasteiger partial charge in [0.05, 0.1) is 22.3 Å². The number of phenolic OH excluding ortho intramolecular Hbond substituents is 1. The van der Waals surface area contributed by atoms with Gasteiger partial charge in [0.15, 0.2) is 0 Å². The summed E-state index contributed by atoms with van der Waals surface area (Å²) < 4.78 is 27.9. The molecule has 2 heterocycles. The average Bonchev–Trinajstić information content (AvgIpc) is 3.68. The lowest BCUT2D eigenvalue weighted by Crippen LogP contribution is -2.17. The number of fused-ring (bicyclic) bond motifs is 1. The Morgan fingerprint density at radius 2 is 1.16 bits per heavy atom. The minimum Gasteiger partial charge on any atom is -0.507 e. The first-order valence-corrected chi connectivity index (χ1v) is 21.3. The minimum atomic E-state index is -2.39. The molecular weight excluding hydrogens is 755 g/mol. The van der Waals surface area contributed by atoms with E-state index in [1.807, 2.05) is 83.6 Å². The summed E-state index contributed by atoms with van der Waals surface area (Å²) in [6, 6.07) is 55.3. The third-order valence-electron chi connectivity index (χ3n) is 11.8. The Bertz CT molecular complexity index is 3210. The number of rotatable bonds is 7. The van der Waals surface area contributed by atoms with Crippen molar-refractivity contribution in [2.24, 2.45) is 0 Å². The van der Waals surface area contributed by atoms with Crippen molar-refractivity contribution in [3.63, 3.8) is 0 Å². The van der Waals surface area contributed by atoms with Crippen LogP contribution in [-0.4, -0.2) is 19.6 Å². The maximum atomic E-state index is 12.5. The Morgan fingerprint density at radius 1 is 0.516 bits per heavy atom. The zero-order chi connectivity index (χ0) is 45.8. The first kappa shape index (κ1) is 36.8. The molecule has 9 aromatic rings. The van der Waals surface area contributed by atoms with Gasteiger partial charge in [0.2, 0.25) is 0 Å². The molecule has 0 spiro atoms. The summed E-state index contributed by atoms with van der Waals surface area (Å²) in [6.45, 7) is 12.5. The Morgan fingerprint density at radius 3 is 1.82 bits per heavy atom. The summed E-state index contributed by atoms with van der Waals surface area (Å²) in [7, 11) is 0. The van der Waals surface area contributed by atoms with Crippen LogP contribution in [0.1, 0.15) is 67.9 Å². The smallest absolute Gasteiger partial charge is 0.149 e. The van der Waals surface area contributed by atoms with E-state index in [4.69, 9.17) is 14.1 Å². The number of hydrogen-bond acceptors (Lipinski definition) is 3. The number of pyridine rings is 1. The predicted molar refractivity (Wildman–Crippen MR) is 260 cm³/mol. The van der Waals surface area contributed by atoms with Gasteiger partial charge in [-0.05, 0) is 129 Å². The van der Waals surface area contributed by atoms with Crippen molar-refractivity contribution in [3.05, 3.63) is 192 Å². The zero-order valence-corrected chi connectivity index (χ0v) is 36.5. The molecule has 7 aromatic carbocycles. The molecule has 0 saturated carbocycles. The highest BCUT2D eigenvalue weighted by Crippen LogP contribution is 2.45. The first-order valence-electron chi connectivity index (χ1n) is 22.8.